The molecule has 3 aromatic carbocycles. The van der Waals surface area contributed by atoms with E-state index in [4.69, 9.17) is 14.6 Å². The number of halogens is 1. The third kappa shape index (κ3) is 5.54. The fourth-order valence-corrected chi connectivity index (χ4v) is 3.87. The van der Waals surface area contributed by atoms with Crippen LogP contribution in [-0.2, 0) is 16.2 Å². The molecule has 3 aromatic rings. The lowest BCUT2D eigenvalue weighted by Crippen LogP contribution is -2.54. The number of rotatable bonds is 7. The van der Waals surface area contributed by atoms with E-state index in [1.165, 1.54) is 25.3 Å². The number of hydrogen-bond acceptors (Lipinski definition) is 6. The van der Waals surface area contributed by atoms with Crippen LogP contribution in [0.5, 0.6) is 11.5 Å². The van der Waals surface area contributed by atoms with Crippen LogP contribution >= 0.6 is 15.9 Å². The predicted molar refractivity (Wildman–Crippen MR) is 139 cm³/mol. The number of anilines is 1. The van der Waals surface area contributed by atoms with Gasteiger partial charge in [0.1, 0.15) is 12.2 Å². The normalized spacial score (nSPS) is 14.5. The zero-order valence-corrected chi connectivity index (χ0v) is 21.4. The minimum absolute atomic E-state index is 0.168. The quantitative estimate of drug-likeness (QED) is 0.314. The monoisotopic (exact) mass is 564 g/mol. The van der Waals surface area contributed by atoms with E-state index < -0.39 is 23.8 Å². The largest absolute Gasteiger partial charge is 0.493 e. The smallest absolute Gasteiger partial charge is 0.335 e. The molecule has 10 heteroatoms. The van der Waals surface area contributed by atoms with Gasteiger partial charge in [-0.15, -0.1) is 0 Å². The van der Waals surface area contributed by atoms with Crippen molar-refractivity contribution in [2.24, 2.45) is 0 Å². The summed E-state index contributed by atoms with van der Waals surface area (Å²) in [6.07, 6.45) is 1.37. The zero-order valence-electron chi connectivity index (χ0n) is 19.8. The van der Waals surface area contributed by atoms with Crippen molar-refractivity contribution in [2.75, 3.05) is 12.0 Å². The maximum Gasteiger partial charge on any atom is 0.335 e. The van der Waals surface area contributed by atoms with Gasteiger partial charge < -0.3 is 14.6 Å². The highest BCUT2D eigenvalue weighted by Gasteiger charge is 2.37. The van der Waals surface area contributed by atoms with E-state index in [9.17, 15) is 19.2 Å². The molecule has 0 aliphatic carbocycles. The lowest BCUT2D eigenvalue weighted by atomic mass is 10.1. The first kappa shape index (κ1) is 25.6. The Morgan fingerprint density at radius 2 is 1.76 bits per heavy atom. The summed E-state index contributed by atoms with van der Waals surface area (Å²) in [5.74, 6) is -1.79. The molecule has 0 unspecified atom stereocenters. The number of carbonyl (C=O) groups excluding carboxylic acids is 3. The van der Waals surface area contributed by atoms with Crippen molar-refractivity contribution in [1.82, 2.24) is 5.32 Å². The zero-order chi connectivity index (χ0) is 26.7. The summed E-state index contributed by atoms with van der Waals surface area (Å²) in [5.41, 5.74) is 2.36. The molecular formula is C27H21BrN2O7. The van der Waals surface area contributed by atoms with Gasteiger partial charge in [-0.25, -0.2) is 14.5 Å². The molecule has 4 amide bonds. The molecule has 4 rings (SSSR count). The molecule has 0 aromatic heterocycles. The van der Waals surface area contributed by atoms with Crippen LogP contribution in [-0.4, -0.2) is 36.0 Å². The second kappa shape index (κ2) is 10.7. The standard InChI is InChI=1S/C27H21BrN2O7/c1-15-11-19(8-9-21(15)28)30-25(32)20(24(31)29-27(30)35)12-17-5-10-22(23(13-17)36-2)37-14-16-3-6-18(7-4-16)26(33)34/h3-13H,14H2,1-2H3,(H,33,34)(H,29,31,35)/b20-12-. The number of imide groups is 2. The third-order valence-corrected chi connectivity index (χ3v) is 6.49. The topological polar surface area (TPSA) is 122 Å². The molecule has 9 nitrogen and oxygen atoms in total. The average Bonchev–Trinajstić information content (AvgIpc) is 2.87. The Morgan fingerprint density at radius 1 is 1.03 bits per heavy atom. The van der Waals surface area contributed by atoms with E-state index in [2.05, 4.69) is 21.2 Å². The molecule has 0 radical (unpaired) electrons. The number of benzene rings is 3. The average molecular weight is 565 g/mol. The Morgan fingerprint density at radius 3 is 2.41 bits per heavy atom. The van der Waals surface area contributed by atoms with Crippen molar-refractivity contribution in [3.63, 3.8) is 0 Å². The molecule has 1 saturated heterocycles. The van der Waals surface area contributed by atoms with Gasteiger partial charge >= 0.3 is 12.0 Å². The summed E-state index contributed by atoms with van der Waals surface area (Å²) < 4.78 is 12.0. The van der Waals surface area contributed by atoms with Crippen molar-refractivity contribution in [2.45, 2.75) is 13.5 Å². The number of nitrogens with zero attached hydrogens (tertiary/aromatic N) is 1. The van der Waals surface area contributed by atoms with Crippen LogP contribution in [0.2, 0.25) is 0 Å². The highest BCUT2D eigenvalue weighted by molar-refractivity contribution is 9.10. The molecule has 1 heterocycles. The van der Waals surface area contributed by atoms with Gasteiger partial charge in [0.2, 0.25) is 0 Å². The first-order valence-corrected chi connectivity index (χ1v) is 11.8. The molecule has 1 aliphatic rings. The minimum Gasteiger partial charge on any atom is -0.493 e. The molecule has 188 valence electrons. The predicted octanol–water partition coefficient (Wildman–Crippen LogP) is 4.71. The fourth-order valence-electron chi connectivity index (χ4n) is 3.62. The Labute approximate surface area is 220 Å². The van der Waals surface area contributed by atoms with E-state index in [0.29, 0.717) is 22.7 Å². The lowest BCUT2D eigenvalue weighted by Gasteiger charge is -2.26. The Hall–Kier alpha value is -4.44. The number of methoxy groups -OCH3 is 1. The Kier molecular flexibility index (Phi) is 7.40. The third-order valence-electron chi connectivity index (χ3n) is 5.60. The summed E-state index contributed by atoms with van der Waals surface area (Å²) >= 11 is 3.39. The highest BCUT2D eigenvalue weighted by atomic mass is 79.9. The number of ether oxygens (including phenoxy) is 2. The van der Waals surface area contributed by atoms with Crippen LogP contribution in [0, 0.1) is 6.92 Å². The molecule has 0 atom stereocenters. The molecule has 1 fully saturated rings. The molecule has 2 N–H and O–H groups in total. The fraction of sp³-hybridized carbons (Fsp3) is 0.111. The number of urea groups is 1. The van der Waals surface area contributed by atoms with E-state index in [1.54, 1.807) is 48.5 Å². The van der Waals surface area contributed by atoms with Crippen molar-refractivity contribution < 1.29 is 33.8 Å². The van der Waals surface area contributed by atoms with Gasteiger partial charge in [0, 0.05) is 4.47 Å². The lowest BCUT2D eigenvalue weighted by molar-refractivity contribution is -0.122. The van der Waals surface area contributed by atoms with Gasteiger partial charge in [0.05, 0.1) is 18.4 Å². The molecule has 0 saturated carbocycles. The number of aryl methyl sites for hydroxylation is 1. The van der Waals surface area contributed by atoms with E-state index in [1.807, 2.05) is 6.92 Å². The van der Waals surface area contributed by atoms with Gasteiger partial charge in [-0.3, -0.25) is 14.9 Å². The summed E-state index contributed by atoms with van der Waals surface area (Å²) in [6.45, 7) is 1.99. The summed E-state index contributed by atoms with van der Waals surface area (Å²) in [4.78, 5) is 50.1. The Balaban J connectivity index is 1.57. The summed E-state index contributed by atoms with van der Waals surface area (Å²) in [6, 6.07) is 15.3. The van der Waals surface area contributed by atoms with Gasteiger partial charge in [0.25, 0.3) is 11.8 Å². The number of carbonyl (C=O) groups is 4. The number of carboxylic acids is 1. The molecule has 37 heavy (non-hydrogen) atoms. The molecule has 0 spiro atoms. The van der Waals surface area contributed by atoms with Crippen molar-refractivity contribution in [1.29, 1.82) is 0 Å². The first-order valence-electron chi connectivity index (χ1n) is 11.0. The first-order chi connectivity index (χ1) is 17.7. The van der Waals surface area contributed by atoms with Crippen LogP contribution in [0.4, 0.5) is 10.5 Å². The maximum atomic E-state index is 13.2. The van der Waals surface area contributed by atoms with Crippen molar-refractivity contribution in [3.8, 4) is 11.5 Å². The van der Waals surface area contributed by atoms with Crippen molar-refractivity contribution in [3.05, 3.63) is 93.0 Å². The van der Waals surface area contributed by atoms with Crippen molar-refractivity contribution >= 4 is 51.5 Å². The van der Waals surface area contributed by atoms with Crippen LogP contribution in [0.15, 0.2) is 70.7 Å². The van der Waals surface area contributed by atoms with E-state index in [0.717, 1.165) is 20.5 Å². The van der Waals surface area contributed by atoms with Gasteiger partial charge in [-0.1, -0.05) is 34.1 Å². The second-order valence-corrected chi connectivity index (χ2v) is 8.95. The van der Waals surface area contributed by atoms with Gasteiger partial charge in [0.15, 0.2) is 11.5 Å². The number of barbiturate groups is 1. The van der Waals surface area contributed by atoms with Crippen LogP contribution in [0.1, 0.15) is 27.0 Å². The second-order valence-electron chi connectivity index (χ2n) is 8.09. The number of amides is 4. The number of nitrogens with one attached hydrogen (secondary N) is 1. The molecule has 1 aliphatic heterocycles. The number of aromatic carboxylic acids is 1. The Bertz CT molecular complexity index is 1450. The SMILES string of the molecule is COc1cc(/C=C2/C(=O)NC(=O)N(c3ccc(Br)c(C)c3)C2=O)ccc1OCc1ccc(C(=O)O)cc1. The molecule has 0 bridgehead atoms. The minimum atomic E-state index is -1.01. The van der Waals surface area contributed by atoms with Gasteiger partial charge in [-0.05, 0) is 72.2 Å². The van der Waals surface area contributed by atoms with E-state index >= 15 is 0 Å². The summed E-state index contributed by atoms with van der Waals surface area (Å²) in [5, 5.41) is 11.2. The number of carboxylic acid groups (broad SMARTS) is 1. The van der Waals surface area contributed by atoms with Crippen LogP contribution < -0.4 is 19.7 Å². The summed E-state index contributed by atoms with van der Waals surface area (Å²) in [7, 11) is 1.45. The highest BCUT2D eigenvalue weighted by Crippen LogP contribution is 2.31. The van der Waals surface area contributed by atoms with Crippen LogP contribution in [0.3, 0.4) is 0 Å². The van der Waals surface area contributed by atoms with Crippen LogP contribution in [0.25, 0.3) is 6.08 Å². The molecular weight excluding hydrogens is 544 g/mol. The van der Waals surface area contributed by atoms with Gasteiger partial charge in [-0.2, -0.15) is 0 Å². The maximum absolute atomic E-state index is 13.2. The van der Waals surface area contributed by atoms with E-state index in [-0.39, 0.29) is 17.7 Å². The number of hydrogen-bond donors (Lipinski definition) is 2.